The lowest BCUT2D eigenvalue weighted by Gasteiger charge is -2.21. The molecular formula is C16H26N2O3. The van der Waals surface area contributed by atoms with Crippen LogP contribution in [0.5, 0.6) is 0 Å². The average Bonchev–Trinajstić information content (AvgIpc) is 3.14. The third-order valence-electron chi connectivity index (χ3n) is 4.23. The number of carbonyl (C=O) groups is 1. The van der Waals surface area contributed by atoms with E-state index >= 15 is 0 Å². The Morgan fingerprint density at radius 1 is 1.52 bits per heavy atom. The molecule has 0 aliphatic heterocycles. The standard InChI is InChI=1S/C16H26N2O3/c1-2-3-6-12-7-4-8-13(12)18-16(20)17-11-14(19)15-9-5-10-21-15/h5,9-10,12-14,19H,2-4,6-8,11H2,1H3,(H2,17,18,20). The molecule has 1 aromatic rings. The van der Waals surface area contributed by atoms with Crippen molar-refractivity contribution in [1.29, 1.82) is 0 Å². The van der Waals surface area contributed by atoms with Crippen molar-refractivity contribution in [1.82, 2.24) is 10.6 Å². The summed E-state index contributed by atoms with van der Waals surface area (Å²) in [6.07, 6.45) is 7.78. The monoisotopic (exact) mass is 294 g/mol. The van der Waals surface area contributed by atoms with E-state index in [1.807, 2.05) is 0 Å². The van der Waals surface area contributed by atoms with E-state index < -0.39 is 6.10 Å². The second-order valence-electron chi connectivity index (χ2n) is 5.83. The van der Waals surface area contributed by atoms with Crippen LogP contribution in [0.25, 0.3) is 0 Å². The van der Waals surface area contributed by atoms with Gasteiger partial charge in [-0.25, -0.2) is 4.79 Å². The molecular weight excluding hydrogens is 268 g/mol. The molecule has 0 radical (unpaired) electrons. The SMILES string of the molecule is CCCCC1CCCC1NC(=O)NCC(O)c1ccco1. The molecule has 5 heteroatoms. The Bertz CT molecular complexity index is 419. The highest BCUT2D eigenvalue weighted by Crippen LogP contribution is 2.29. The molecule has 5 nitrogen and oxygen atoms in total. The van der Waals surface area contributed by atoms with Gasteiger partial charge in [0.2, 0.25) is 0 Å². The van der Waals surface area contributed by atoms with Gasteiger partial charge in [0.1, 0.15) is 11.9 Å². The molecule has 118 valence electrons. The van der Waals surface area contributed by atoms with Crippen LogP contribution in [0.1, 0.15) is 57.3 Å². The molecule has 0 spiro atoms. The normalized spacial score (nSPS) is 23.0. The van der Waals surface area contributed by atoms with Crippen LogP contribution >= 0.6 is 0 Å². The molecule has 3 N–H and O–H groups in total. The van der Waals surface area contributed by atoms with Crippen molar-refractivity contribution in [2.24, 2.45) is 5.92 Å². The number of amides is 2. The smallest absolute Gasteiger partial charge is 0.315 e. The summed E-state index contributed by atoms with van der Waals surface area (Å²) >= 11 is 0. The van der Waals surface area contributed by atoms with Gasteiger partial charge in [-0.3, -0.25) is 0 Å². The summed E-state index contributed by atoms with van der Waals surface area (Å²) in [7, 11) is 0. The zero-order valence-electron chi connectivity index (χ0n) is 12.7. The van der Waals surface area contributed by atoms with Gasteiger partial charge in [-0.1, -0.05) is 26.2 Å². The highest BCUT2D eigenvalue weighted by atomic mass is 16.4. The Labute approximate surface area is 126 Å². The fraction of sp³-hybridized carbons (Fsp3) is 0.688. The second-order valence-corrected chi connectivity index (χ2v) is 5.83. The van der Waals surface area contributed by atoms with Gasteiger partial charge in [0.15, 0.2) is 0 Å². The minimum Gasteiger partial charge on any atom is -0.467 e. The fourth-order valence-electron chi connectivity index (χ4n) is 3.03. The number of carbonyl (C=O) groups excluding carboxylic acids is 1. The predicted octanol–water partition coefficient (Wildman–Crippen LogP) is 2.97. The number of aliphatic hydroxyl groups excluding tert-OH is 1. The van der Waals surface area contributed by atoms with E-state index in [1.165, 1.54) is 38.4 Å². The zero-order valence-corrected chi connectivity index (χ0v) is 12.7. The number of nitrogens with one attached hydrogen (secondary N) is 2. The lowest BCUT2D eigenvalue weighted by molar-refractivity contribution is 0.147. The highest BCUT2D eigenvalue weighted by molar-refractivity contribution is 5.74. The van der Waals surface area contributed by atoms with E-state index in [0.717, 1.165) is 6.42 Å². The van der Waals surface area contributed by atoms with Crippen LogP contribution in [0.2, 0.25) is 0 Å². The minimum atomic E-state index is -0.801. The summed E-state index contributed by atoms with van der Waals surface area (Å²) in [5, 5.41) is 15.6. The van der Waals surface area contributed by atoms with Crippen LogP contribution in [0.3, 0.4) is 0 Å². The third-order valence-corrected chi connectivity index (χ3v) is 4.23. The molecule has 1 heterocycles. The number of hydrogen-bond donors (Lipinski definition) is 3. The number of unbranched alkanes of at least 4 members (excludes halogenated alkanes) is 1. The summed E-state index contributed by atoms with van der Waals surface area (Å²) in [6, 6.07) is 3.49. The van der Waals surface area contributed by atoms with Gasteiger partial charge in [0.25, 0.3) is 0 Å². The molecule has 2 rings (SSSR count). The van der Waals surface area contributed by atoms with Crippen molar-refractivity contribution in [2.45, 2.75) is 57.6 Å². The van der Waals surface area contributed by atoms with E-state index in [0.29, 0.717) is 11.7 Å². The lowest BCUT2D eigenvalue weighted by atomic mass is 9.97. The first-order valence-corrected chi connectivity index (χ1v) is 7.96. The summed E-state index contributed by atoms with van der Waals surface area (Å²) in [4.78, 5) is 11.9. The van der Waals surface area contributed by atoms with Crippen molar-refractivity contribution in [3.63, 3.8) is 0 Å². The van der Waals surface area contributed by atoms with Crippen LogP contribution in [0.15, 0.2) is 22.8 Å². The van der Waals surface area contributed by atoms with Crippen molar-refractivity contribution >= 4 is 6.03 Å². The molecule has 21 heavy (non-hydrogen) atoms. The summed E-state index contributed by atoms with van der Waals surface area (Å²) in [5.74, 6) is 1.07. The van der Waals surface area contributed by atoms with Gasteiger partial charge in [0.05, 0.1) is 12.8 Å². The number of urea groups is 1. The molecule has 1 fully saturated rings. The minimum absolute atomic E-state index is 0.158. The average molecular weight is 294 g/mol. The number of hydrogen-bond acceptors (Lipinski definition) is 3. The zero-order chi connectivity index (χ0) is 15.1. The molecule has 3 unspecified atom stereocenters. The Morgan fingerprint density at radius 3 is 3.10 bits per heavy atom. The van der Waals surface area contributed by atoms with E-state index in [-0.39, 0.29) is 18.6 Å². The Morgan fingerprint density at radius 2 is 2.38 bits per heavy atom. The van der Waals surface area contributed by atoms with Crippen molar-refractivity contribution in [3.8, 4) is 0 Å². The van der Waals surface area contributed by atoms with Gasteiger partial charge in [-0.05, 0) is 37.3 Å². The van der Waals surface area contributed by atoms with E-state index in [2.05, 4.69) is 17.6 Å². The largest absolute Gasteiger partial charge is 0.467 e. The van der Waals surface area contributed by atoms with E-state index in [4.69, 9.17) is 4.42 Å². The maximum absolute atomic E-state index is 11.9. The summed E-state index contributed by atoms with van der Waals surface area (Å²) in [6.45, 7) is 2.35. The maximum atomic E-state index is 11.9. The molecule has 1 aliphatic rings. The Hall–Kier alpha value is -1.49. The van der Waals surface area contributed by atoms with Crippen LogP contribution in [0, 0.1) is 5.92 Å². The van der Waals surface area contributed by atoms with Crippen molar-refractivity contribution < 1.29 is 14.3 Å². The summed E-state index contributed by atoms with van der Waals surface area (Å²) in [5.41, 5.74) is 0. The Kier molecular flexibility index (Phi) is 6.11. The van der Waals surface area contributed by atoms with E-state index in [1.54, 1.807) is 12.1 Å². The first-order chi connectivity index (χ1) is 10.2. The first kappa shape index (κ1) is 15.9. The Balaban J connectivity index is 1.71. The maximum Gasteiger partial charge on any atom is 0.315 e. The van der Waals surface area contributed by atoms with Crippen molar-refractivity contribution in [2.75, 3.05) is 6.54 Å². The second kappa shape index (κ2) is 8.08. The van der Waals surface area contributed by atoms with Gasteiger partial charge in [-0.2, -0.15) is 0 Å². The number of aliphatic hydroxyl groups is 1. The molecule has 0 bridgehead atoms. The molecule has 1 saturated carbocycles. The summed E-state index contributed by atoms with van der Waals surface area (Å²) < 4.78 is 5.10. The number of rotatable bonds is 7. The van der Waals surface area contributed by atoms with Crippen molar-refractivity contribution in [3.05, 3.63) is 24.2 Å². The topological polar surface area (TPSA) is 74.5 Å². The predicted molar refractivity (Wildman–Crippen MR) is 80.9 cm³/mol. The molecule has 0 saturated heterocycles. The molecule has 0 aromatic carbocycles. The molecule has 3 atom stereocenters. The quantitative estimate of drug-likeness (QED) is 0.723. The van der Waals surface area contributed by atoms with Crippen LogP contribution in [-0.4, -0.2) is 23.7 Å². The first-order valence-electron chi connectivity index (χ1n) is 7.96. The third kappa shape index (κ3) is 4.77. The molecule has 2 amide bonds. The van der Waals surface area contributed by atoms with Crippen LogP contribution < -0.4 is 10.6 Å². The fourth-order valence-corrected chi connectivity index (χ4v) is 3.03. The van der Waals surface area contributed by atoms with Gasteiger partial charge < -0.3 is 20.2 Å². The van der Waals surface area contributed by atoms with Gasteiger partial charge in [-0.15, -0.1) is 0 Å². The lowest BCUT2D eigenvalue weighted by Crippen LogP contribution is -2.44. The van der Waals surface area contributed by atoms with Gasteiger partial charge in [0, 0.05) is 6.04 Å². The molecule has 1 aliphatic carbocycles. The molecule has 1 aromatic heterocycles. The van der Waals surface area contributed by atoms with Crippen LogP contribution in [-0.2, 0) is 0 Å². The number of furan rings is 1. The van der Waals surface area contributed by atoms with Crippen LogP contribution in [0.4, 0.5) is 4.79 Å². The van der Waals surface area contributed by atoms with Gasteiger partial charge >= 0.3 is 6.03 Å². The highest BCUT2D eigenvalue weighted by Gasteiger charge is 2.28. The van der Waals surface area contributed by atoms with E-state index in [9.17, 15) is 9.90 Å².